The van der Waals surface area contributed by atoms with Gasteiger partial charge in [0.2, 0.25) is 0 Å². The minimum atomic E-state index is -0.925. The molecular weight excluding hydrogens is 268 g/mol. The third-order valence-corrected chi connectivity index (χ3v) is 4.04. The van der Waals surface area contributed by atoms with Gasteiger partial charge >= 0.3 is 12.0 Å². The van der Waals surface area contributed by atoms with Crippen molar-refractivity contribution in [3.8, 4) is 0 Å². The van der Waals surface area contributed by atoms with Gasteiger partial charge < -0.3 is 15.3 Å². The molecule has 1 aliphatic heterocycles. The van der Waals surface area contributed by atoms with Crippen LogP contribution < -0.4 is 5.32 Å². The van der Waals surface area contributed by atoms with Crippen LogP contribution in [0, 0.1) is 0 Å². The third kappa shape index (κ3) is 3.74. The summed E-state index contributed by atoms with van der Waals surface area (Å²) < 4.78 is 0. The second-order valence-corrected chi connectivity index (χ2v) is 6.05. The Kier molecular flexibility index (Phi) is 4.50. The van der Waals surface area contributed by atoms with Gasteiger partial charge in [-0.1, -0.05) is 12.1 Å². The fourth-order valence-electron chi connectivity index (χ4n) is 2.71. The van der Waals surface area contributed by atoms with E-state index in [-0.39, 0.29) is 17.1 Å². The highest BCUT2D eigenvalue weighted by molar-refractivity contribution is 5.87. The minimum absolute atomic E-state index is 0.0142. The first-order chi connectivity index (χ1) is 9.90. The molecule has 0 aromatic heterocycles. The molecule has 0 radical (unpaired) electrons. The number of carbonyl (C=O) groups is 2. The van der Waals surface area contributed by atoms with Gasteiger partial charge in [0.15, 0.2) is 0 Å². The lowest BCUT2D eigenvalue weighted by molar-refractivity contribution is 0.0697. The van der Waals surface area contributed by atoms with Gasteiger partial charge in [0.1, 0.15) is 0 Å². The first-order valence-electron chi connectivity index (χ1n) is 7.28. The number of nitrogens with zero attached hydrogens (tertiary/aromatic N) is 1. The number of hydrogen-bond donors (Lipinski definition) is 2. The maximum absolute atomic E-state index is 12.1. The predicted molar refractivity (Wildman–Crippen MR) is 80.5 cm³/mol. The molecule has 5 nitrogen and oxygen atoms in total. The van der Waals surface area contributed by atoms with Crippen LogP contribution in [0.1, 0.15) is 42.6 Å². The van der Waals surface area contributed by atoms with Gasteiger partial charge in [0.25, 0.3) is 0 Å². The zero-order valence-corrected chi connectivity index (χ0v) is 12.6. The van der Waals surface area contributed by atoms with Crippen LogP contribution >= 0.6 is 0 Å². The first-order valence-corrected chi connectivity index (χ1v) is 7.28. The zero-order valence-electron chi connectivity index (χ0n) is 12.6. The monoisotopic (exact) mass is 290 g/mol. The molecule has 0 saturated carbocycles. The Hall–Kier alpha value is -2.04. The van der Waals surface area contributed by atoms with Crippen LogP contribution in [0.25, 0.3) is 0 Å². The summed E-state index contributed by atoms with van der Waals surface area (Å²) in [6.07, 6.45) is 2.79. The smallest absolute Gasteiger partial charge is 0.335 e. The molecule has 0 bridgehead atoms. The lowest BCUT2D eigenvalue weighted by Crippen LogP contribution is -2.48. The molecular formula is C16H22N2O3. The molecule has 2 rings (SSSR count). The van der Waals surface area contributed by atoms with E-state index >= 15 is 0 Å². The molecule has 0 spiro atoms. The second kappa shape index (κ2) is 6.16. The number of likely N-dealkylation sites (tertiary alicyclic amines) is 1. The van der Waals surface area contributed by atoms with Gasteiger partial charge in [0, 0.05) is 18.6 Å². The molecule has 114 valence electrons. The van der Waals surface area contributed by atoms with Gasteiger partial charge in [-0.2, -0.15) is 0 Å². The third-order valence-electron chi connectivity index (χ3n) is 4.04. The van der Waals surface area contributed by atoms with Crippen LogP contribution in [0.2, 0.25) is 0 Å². The van der Waals surface area contributed by atoms with Crippen molar-refractivity contribution in [1.29, 1.82) is 0 Å². The number of carboxylic acids is 1. The van der Waals surface area contributed by atoms with Crippen molar-refractivity contribution < 1.29 is 14.7 Å². The van der Waals surface area contributed by atoms with Crippen LogP contribution in [-0.2, 0) is 6.42 Å². The van der Waals surface area contributed by atoms with E-state index in [0.29, 0.717) is 13.0 Å². The molecule has 2 N–H and O–H groups in total. The molecule has 1 fully saturated rings. The Morgan fingerprint density at radius 3 is 2.48 bits per heavy atom. The molecule has 1 aromatic carbocycles. The highest BCUT2D eigenvalue weighted by Crippen LogP contribution is 2.27. The standard InChI is InChI=1S/C16H22N2O3/c1-16(2)9-3-11-18(16)15(21)17-10-8-12-4-6-13(7-5-12)14(19)20/h4-7H,3,8-11H2,1-2H3,(H,17,21)(H,19,20). The highest BCUT2D eigenvalue weighted by atomic mass is 16.4. The van der Waals surface area contributed by atoms with E-state index in [1.807, 2.05) is 4.90 Å². The Labute approximate surface area is 125 Å². The Bertz CT molecular complexity index is 523. The van der Waals surface area contributed by atoms with Gasteiger partial charge in [-0.15, -0.1) is 0 Å². The van der Waals surface area contributed by atoms with E-state index < -0.39 is 5.97 Å². The first kappa shape index (κ1) is 15.4. The summed E-state index contributed by atoms with van der Waals surface area (Å²) >= 11 is 0. The Balaban J connectivity index is 1.81. The van der Waals surface area contributed by atoms with Crippen molar-refractivity contribution in [2.75, 3.05) is 13.1 Å². The number of nitrogens with one attached hydrogen (secondary N) is 1. The van der Waals surface area contributed by atoms with E-state index in [9.17, 15) is 9.59 Å². The van der Waals surface area contributed by atoms with E-state index in [2.05, 4.69) is 19.2 Å². The van der Waals surface area contributed by atoms with Crippen molar-refractivity contribution in [1.82, 2.24) is 10.2 Å². The molecule has 1 heterocycles. The average molecular weight is 290 g/mol. The summed E-state index contributed by atoms with van der Waals surface area (Å²) in [5, 5.41) is 11.8. The number of aromatic carboxylic acids is 1. The Morgan fingerprint density at radius 1 is 1.29 bits per heavy atom. The van der Waals surface area contributed by atoms with Crippen molar-refractivity contribution in [3.05, 3.63) is 35.4 Å². The number of urea groups is 1. The molecule has 1 aromatic rings. The topological polar surface area (TPSA) is 69.6 Å². The average Bonchev–Trinajstić information content (AvgIpc) is 2.79. The second-order valence-electron chi connectivity index (χ2n) is 6.05. The minimum Gasteiger partial charge on any atom is -0.478 e. The molecule has 21 heavy (non-hydrogen) atoms. The molecule has 2 amide bonds. The number of benzene rings is 1. The summed E-state index contributed by atoms with van der Waals surface area (Å²) in [4.78, 5) is 24.8. The van der Waals surface area contributed by atoms with E-state index in [1.54, 1.807) is 24.3 Å². The summed E-state index contributed by atoms with van der Waals surface area (Å²) in [7, 11) is 0. The summed E-state index contributed by atoms with van der Waals surface area (Å²) in [6.45, 7) is 5.54. The number of carbonyl (C=O) groups excluding carboxylic acids is 1. The molecule has 1 saturated heterocycles. The van der Waals surface area contributed by atoms with Crippen LogP contribution in [0.4, 0.5) is 4.79 Å². The van der Waals surface area contributed by atoms with Gasteiger partial charge in [-0.05, 0) is 50.8 Å². The van der Waals surface area contributed by atoms with E-state index in [0.717, 1.165) is 24.9 Å². The maximum atomic E-state index is 12.1. The van der Waals surface area contributed by atoms with Crippen molar-refractivity contribution >= 4 is 12.0 Å². The predicted octanol–water partition coefficient (Wildman–Crippen LogP) is 2.51. The quantitative estimate of drug-likeness (QED) is 0.895. The summed E-state index contributed by atoms with van der Waals surface area (Å²) in [5.74, 6) is -0.925. The zero-order chi connectivity index (χ0) is 15.5. The Morgan fingerprint density at radius 2 is 1.95 bits per heavy atom. The lowest BCUT2D eigenvalue weighted by atomic mass is 10.0. The summed E-state index contributed by atoms with van der Waals surface area (Å²) in [5.41, 5.74) is 1.23. The number of hydrogen-bond acceptors (Lipinski definition) is 2. The van der Waals surface area contributed by atoms with E-state index in [1.165, 1.54) is 0 Å². The number of rotatable bonds is 4. The van der Waals surface area contributed by atoms with Crippen LogP contribution in [0.3, 0.4) is 0 Å². The van der Waals surface area contributed by atoms with Crippen molar-refractivity contribution in [2.24, 2.45) is 0 Å². The van der Waals surface area contributed by atoms with Crippen LogP contribution in [0.5, 0.6) is 0 Å². The molecule has 0 atom stereocenters. The van der Waals surface area contributed by atoms with Gasteiger partial charge in [-0.3, -0.25) is 0 Å². The number of carboxylic acid groups (broad SMARTS) is 1. The SMILES string of the molecule is CC1(C)CCCN1C(=O)NCCc1ccc(C(=O)O)cc1. The normalized spacial score (nSPS) is 16.8. The highest BCUT2D eigenvalue weighted by Gasteiger charge is 2.35. The lowest BCUT2D eigenvalue weighted by Gasteiger charge is -2.31. The molecule has 5 heteroatoms. The maximum Gasteiger partial charge on any atom is 0.335 e. The molecule has 0 aliphatic carbocycles. The van der Waals surface area contributed by atoms with Crippen LogP contribution in [-0.4, -0.2) is 40.6 Å². The largest absolute Gasteiger partial charge is 0.478 e. The van der Waals surface area contributed by atoms with Gasteiger partial charge in [0.05, 0.1) is 5.56 Å². The summed E-state index contributed by atoms with van der Waals surface area (Å²) in [6, 6.07) is 6.73. The van der Waals surface area contributed by atoms with Crippen LogP contribution in [0.15, 0.2) is 24.3 Å². The fourth-order valence-corrected chi connectivity index (χ4v) is 2.71. The molecule has 0 unspecified atom stereocenters. The van der Waals surface area contributed by atoms with E-state index in [4.69, 9.17) is 5.11 Å². The fraction of sp³-hybridized carbons (Fsp3) is 0.500. The number of amides is 2. The van der Waals surface area contributed by atoms with Crippen molar-refractivity contribution in [3.63, 3.8) is 0 Å². The van der Waals surface area contributed by atoms with Gasteiger partial charge in [-0.25, -0.2) is 9.59 Å². The molecule has 1 aliphatic rings. The van der Waals surface area contributed by atoms with Crippen molar-refractivity contribution in [2.45, 2.75) is 38.6 Å².